The van der Waals surface area contributed by atoms with Gasteiger partial charge in [0.05, 0.1) is 0 Å². The lowest BCUT2D eigenvalue weighted by molar-refractivity contribution is 0.104. The molecule has 3 heterocycles. The minimum Gasteiger partial charge on any atom is -0.440 e. The van der Waals surface area contributed by atoms with E-state index in [1.54, 1.807) is 6.92 Å². The smallest absolute Gasteiger partial charge is 0.306 e. The van der Waals surface area contributed by atoms with Gasteiger partial charge in [0.25, 0.3) is 0 Å². The van der Waals surface area contributed by atoms with Crippen LogP contribution in [-0.4, -0.2) is 17.7 Å². The van der Waals surface area contributed by atoms with E-state index in [0.717, 1.165) is 31.0 Å². The second-order valence-corrected chi connectivity index (χ2v) is 6.32. The molecule has 0 aromatic heterocycles. The van der Waals surface area contributed by atoms with Crippen LogP contribution in [0.4, 0.5) is 0 Å². The van der Waals surface area contributed by atoms with Crippen molar-refractivity contribution < 1.29 is 9.47 Å². The van der Waals surface area contributed by atoms with Crippen LogP contribution in [0, 0.1) is 11.8 Å². The molecule has 0 saturated carbocycles. The van der Waals surface area contributed by atoms with Crippen molar-refractivity contribution in [2.75, 3.05) is 6.54 Å². The second-order valence-electron chi connectivity index (χ2n) is 6.32. The molecule has 0 bridgehead atoms. The van der Waals surface area contributed by atoms with Crippen molar-refractivity contribution in [2.24, 2.45) is 0 Å². The summed E-state index contributed by atoms with van der Waals surface area (Å²) in [5, 5.41) is 0. The number of nitrogens with zero attached hydrogens (tertiary/aromatic N) is 1. The molecule has 2 aromatic carbocycles. The first-order valence-electron chi connectivity index (χ1n) is 8.29. The second kappa shape index (κ2) is 5.07. The number of hydrogen-bond donors (Lipinski definition) is 0. The molecule has 3 aliphatic heterocycles. The third-order valence-electron chi connectivity index (χ3n) is 4.88. The Morgan fingerprint density at radius 1 is 1.08 bits per heavy atom. The summed E-state index contributed by atoms with van der Waals surface area (Å²) in [6, 6.07) is 12.9. The maximum atomic E-state index is 5.82. The highest BCUT2D eigenvalue weighted by molar-refractivity contribution is 5.86. The lowest BCUT2D eigenvalue weighted by Crippen LogP contribution is -2.31. The van der Waals surface area contributed by atoms with E-state index in [0.29, 0.717) is 0 Å². The number of ether oxygens (including phenoxy) is 2. The summed E-state index contributed by atoms with van der Waals surface area (Å²) in [5.74, 6) is 7.39. The predicted octanol–water partition coefficient (Wildman–Crippen LogP) is 3.68. The van der Waals surface area contributed by atoms with Gasteiger partial charge in [-0.25, -0.2) is 0 Å². The van der Waals surface area contributed by atoms with Gasteiger partial charge >= 0.3 is 6.29 Å². The first-order valence-corrected chi connectivity index (χ1v) is 8.29. The Morgan fingerprint density at radius 2 is 1.92 bits per heavy atom. The molecule has 0 aliphatic carbocycles. The Bertz CT molecular complexity index is 933. The fraction of sp³-hybridized carbons (Fsp3) is 0.238. The van der Waals surface area contributed by atoms with Crippen LogP contribution < -0.4 is 9.47 Å². The van der Waals surface area contributed by atoms with E-state index in [-0.39, 0.29) is 0 Å². The van der Waals surface area contributed by atoms with E-state index < -0.39 is 6.29 Å². The normalized spacial score (nSPS) is 19.5. The summed E-state index contributed by atoms with van der Waals surface area (Å²) in [6.45, 7) is 3.80. The van der Waals surface area contributed by atoms with Crippen LogP contribution in [0.3, 0.4) is 0 Å². The van der Waals surface area contributed by atoms with Gasteiger partial charge in [0.15, 0.2) is 11.5 Å². The molecule has 5 rings (SSSR count). The van der Waals surface area contributed by atoms with Crippen molar-refractivity contribution in [1.82, 2.24) is 4.90 Å². The van der Waals surface area contributed by atoms with E-state index >= 15 is 0 Å². The van der Waals surface area contributed by atoms with E-state index in [4.69, 9.17) is 9.47 Å². The Kier molecular flexibility index (Phi) is 2.87. The molecule has 2 aromatic rings. The molecule has 0 radical (unpaired) electrons. The summed E-state index contributed by atoms with van der Waals surface area (Å²) < 4.78 is 11.6. The number of benzene rings is 2. The van der Waals surface area contributed by atoms with Gasteiger partial charge in [-0.05, 0) is 54.2 Å². The van der Waals surface area contributed by atoms with Gasteiger partial charge in [-0.15, -0.1) is 0 Å². The zero-order chi connectivity index (χ0) is 16.1. The minimum absolute atomic E-state index is 0.481. The topological polar surface area (TPSA) is 21.7 Å². The molecular weight excluding hydrogens is 298 g/mol. The van der Waals surface area contributed by atoms with Gasteiger partial charge in [-0.3, -0.25) is 0 Å². The van der Waals surface area contributed by atoms with Gasteiger partial charge < -0.3 is 14.4 Å². The summed E-state index contributed by atoms with van der Waals surface area (Å²) in [7, 11) is 0. The quantitative estimate of drug-likeness (QED) is 0.692. The highest BCUT2D eigenvalue weighted by Crippen LogP contribution is 2.43. The van der Waals surface area contributed by atoms with Crippen molar-refractivity contribution in [2.45, 2.75) is 26.2 Å². The molecule has 3 nitrogen and oxygen atoms in total. The molecule has 0 spiro atoms. The monoisotopic (exact) mass is 315 g/mol. The van der Waals surface area contributed by atoms with Crippen LogP contribution in [0.15, 0.2) is 36.4 Å². The summed E-state index contributed by atoms with van der Waals surface area (Å²) in [6.07, 6.45) is 2.84. The van der Waals surface area contributed by atoms with E-state index in [2.05, 4.69) is 59.2 Å². The zero-order valence-electron chi connectivity index (χ0n) is 13.5. The first kappa shape index (κ1) is 13.6. The molecule has 0 saturated heterocycles. The first-order chi connectivity index (χ1) is 11.8. The third-order valence-corrected chi connectivity index (χ3v) is 4.88. The molecule has 0 amide bonds. The van der Waals surface area contributed by atoms with Crippen molar-refractivity contribution in [3.63, 3.8) is 0 Å². The van der Waals surface area contributed by atoms with Crippen molar-refractivity contribution in [3.8, 4) is 23.3 Å². The standard InChI is InChI=1S/C21H17NO2/c1-2-5-21-23-19-11-15-8-9-22-13-16-7-4-3-6-14(16)10-18(22)17(15)12-20(19)24-21/h3-4,6-7,10-12,21H,8-9,13H2,1H3. The molecule has 3 heteroatoms. The number of hydrogen-bond acceptors (Lipinski definition) is 3. The summed E-state index contributed by atoms with van der Waals surface area (Å²) in [4.78, 5) is 2.45. The van der Waals surface area contributed by atoms with Crippen LogP contribution in [0.1, 0.15) is 29.2 Å². The fourth-order valence-corrected chi connectivity index (χ4v) is 3.71. The number of rotatable bonds is 0. The Hall–Kier alpha value is -2.86. The molecule has 118 valence electrons. The van der Waals surface area contributed by atoms with Crippen molar-refractivity contribution in [1.29, 1.82) is 0 Å². The van der Waals surface area contributed by atoms with Gasteiger partial charge in [0.1, 0.15) is 0 Å². The van der Waals surface area contributed by atoms with E-state index in [1.165, 1.54) is 28.0 Å². The molecule has 0 N–H and O–H groups in total. The Morgan fingerprint density at radius 3 is 2.79 bits per heavy atom. The maximum Gasteiger partial charge on any atom is 0.306 e. The molecule has 24 heavy (non-hydrogen) atoms. The van der Waals surface area contributed by atoms with Crippen molar-refractivity contribution in [3.05, 3.63) is 58.7 Å². The van der Waals surface area contributed by atoms with E-state index in [9.17, 15) is 0 Å². The van der Waals surface area contributed by atoms with Crippen molar-refractivity contribution >= 4 is 11.8 Å². The molecule has 1 atom stereocenters. The molecule has 3 aliphatic rings. The molecular formula is C21H17NO2. The SMILES string of the molecule is CC#CC1Oc2cc3c(cc2O1)C1=Cc2ccccc2CN1CC3. The molecule has 0 fully saturated rings. The van der Waals surface area contributed by atoms with Gasteiger partial charge in [0, 0.05) is 24.4 Å². The fourth-order valence-electron chi connectivity index (χ4n) is 3.71. The maximum absolute atomic E-state index is 5.82. The summed E-state index contributed by atoms with van der Waals surface area (Å²) >= 11 is 0. The molecule has 1 unspecified atom stereocenters. The zero-order valence-corrected chi connectivity index (χ0v) is 13.5. The van der Waals surface area contributed by atoms with Crippen LogP contribution >= 0.6 is 0 Å². The highest BCUT2D eigenvalue weighted by Gasteiger charge is 2.30. The lowest BCUT2D eigenvalue weighted by atomic mass is 9.90. The van der Waals surface area contributed by atoms with Crippen LogP contribution in [0.5, 0.6) is 11.5 Å². The third kappa shape index (κ3) is 2.00. The largest absolute Gasteiger partial charge is 0.440 e. The highest BCUT2D eigenvalue weighted by atomic mass is 16.7. The van der Waals surface area contributed by atoms with Gasteiger partial charge in [-0.2, -0.15) is 0 Å². The average molecular weight is 315 g/mol. The van der Waals surface area contributed by atoms with Crippen LogP contribution in [0.25, 0.3) is 11.8 Å². The van der Waals surface area contributed by atoms with Gasteiger partial charge in [-0.1, -0.05) is 30.2 Å². The Balaban J connectivity index is 1.61. The average Bonchev–Trinajstić information content (AvgIpc) is 3.00. The lowest BCUT2D eigenvalue weighted by Gasteiger charge is -2.36. The van der Waals surface area contributed by atoms with Crippen LogP contribution in [-0.2, 0) is 13.0 Å². The summed E-state index contributed by atoms with van der Waals surface area (Å²) in [5.41, 5.74) is 6.56. The van der Waals surface area contributed by atoms with Gasteiger partial charge in [0.2, 0.25) is 0 Å². The predicted molar refractivity (Wildman–Crippen MR) is 93.4 cm³/mol. The van der Waals surface area contributed by atoms with Crippen LogP contribution in [0.2, 0.25) is 0 Å². The van der Waals surface area contributed by atoms with E-state index in [1.807, 2.05) is 0 Å². The minimum atomic E-state index is -0.481. The Labute approximate surface area is 141 Å². The number of fused-ring (bicyclic) bond motifs is 5.